The Kier molecular flexibility index (Phi) is 6.40. The lowest BCUT2D eigenvalue weighted by Gasteiger charge is -2.39. The molecule has 1 fully saturated rings. The van der Waals surface area contributed by atoms with Crippen LogP contribution in [0.3, 0.4) is 0 Å². The molecule has 1 N–H and O–H groups in total. The van der Waals surface area contributed by atoms with Crippen molar-refractivity contribution in [3.05, 3.63) is 17.0 Å². The summed E-state index contributed by atoms with van der Waals surface area (Å²) in [4.78, 5) is 17.1. The number of aromatic nitrogens is 2. The number of aliphatic hydroxyl groups is 1. The van der Waals surface area contributed by atoms with Crippen LogP contribution in [0, 0.1) is 19.8 Å². The highest BCUT2D eigenvalue weighted by Crippen LogP contribution is 2.19. The van der Waals surface area contributed by atoms with Crippen molar-refractivity contribution in [3.8, 4) is 0 Å². The first-order valence-corrected chi connectivity index (χ1v) is 9.01. The van der Waals surface area contributed by atoms with Crippen LogP contribution in [0.15, 0.2) is 0 Å². The summed E-state index contributed by atoms with van der Waals surface area (Å²) in [6, 6.07) is 0.223. The van der Waals surface area contributed by atoms with E-state index >= 15 is 0 Å². The highest BCUT2D eigenvalue weighted by atomic mass is 16.3. The molecule has 0 aliphatic carbocycles. The number of nitrogens with zero attached hydrogens (tertiary/aromatic N) is 4. The summed E-state index contributed by atoms with van der Waals surface area (Å²) in [5, 5.41) is 13.9. The van der Waals surface area contributed by atoms with Crippen molar-refractivity contribution in [2.24, 2.45) is 13.0 Å². The fourth-order valence-electron chi connectivity index (χ4n) is 3.63. The van der Waals surface area contributed by atoms with E-state index in [-0.39, 0.29) is 24.5 Å². The van der Waals surface area contributed by atoms with E-state index < -0.39 is 0 Å². The summed E-state index contributed by atoms with van der Waals surface area (Å²) in [6.45, 7) is 11.6. The minimum Gasteiger partial charge on any atom is -0.395 e. The average Bonchev–Trinajstić information content (AvgIpc) is 2.82. The van der Waals surface area contributed by atoms with Gasteiger partial charge >= 0.3 is 0 Å². The van der Waals surface area contributed by atoms with Crippen molar-refractivity contribution in [1.82, 2.24) is 19.6 Å². The molecule has 2 atom stereocenters. The molecule has 0 saturated carbocycles. The number of hydrogen-bond acceptors (Lipinski definition) is 4. The summed E-state index contributed by atoms with van der Waals surface area (Å²) in [5.41, 5.74) is 3.36. The molecule has 0 bridgehead atoms. The molecular formula is C18H32N4O2. The van der Waals surface area contributed by atoms with Crippen LogP contribution in [-0.4, -0.2) is 69.4 Å². The molecule has 136 valence electrons. The fourth-order valence-corrected chi connectivity index (χ4v) is 3.63. The van der Waals surface area contributed by atoms with Crippen LogP contribution in [0.25, 0.3) is 0 Å². The van der Waals surface area contributed by atoms with E-state index in [1.807, 2.05) is 30.5 Å². The van der Waals surface area contributed by atoms with E-state index in [0.717, 1.165) is 50.4 Å². The van der Waals surface area contributed by atoms with Crippen molar-refractivity contribution in [3.63, 3.8) is 0 Å². The SMILES string of the molecule is CCC(CO)N1CCN(C(=O)C(C)Cc2c(C)nn(C)c2C)CC1. The molecule has 2 rings (SSSR count). The largest absolute Gasteiger partial charge is 0.395 e. The maximum absolute atomic E-state index is 12.8. The van der Waals surface area contributed by atoms with Gasteiger partial charge in [-0.05, 0) is 32.3 Å². The van der Waals surface area contributed by atoms with Gasteiger partial charge in [0.1, 0.15) is 0 Å². The topological polar surface area (TPSA) is 61.6 Å². The van der Waals surface area contributed by atoms with Crippen molar-refractivity contribution >= 4 is 5.91 Å². The predicted molar refractivity (Wildman–Crippen MR) is 94.9 cm³/mol. The van der Waals surface area contributed by atoms with Gasteiger partial charge in [0.05, 0.1) is 12.3 Å². The fraction of sp³-hybridized carbons (Fsp3) is 0.778. The molecule has 1 aromatic rings. The number of rotatable bonds is 6. The van der Waals surface area contributed by atoms with Crippen molar-refractivity contribution in [2.75, 3.05) is 32.8 Å². The molecule has 24 heavy (non-hydrogen) atoms. The number of carbonyl (C=O) groups excluding carboxylic acids is 1. The first-order valence-electron chi connectivity index (χ1n) is 9.01. The molecule has 6 nitrogen and oxygen atoms in total. The van der Waals surface area contributed by atoms with Gasteiger partial charge in [0.25, 0.3) is 0 Å². The molecule has 1 amide bonds. The minimum absolute atomic E-state index is 0.0297. The summed E-state index contributed by atoms with van der Waals surface area (Å²) in [6.07, 6.45) is 1.69. The Morgan fingerprint density at radius 3 is 2.33 bits per heavy atom. The van der Waals surface area contributed by atoms with Crippen LogP contribution in [0.1, 0.15) is 37.2 Å². The van der Waals surface area contributed by atoms with E-state index in [1.165, 1.54) is 5.56 Å². The molecule has 1 saturated heterocycles. The molecule has 0 radical (unpaired) electrons. The minimum atomic E-state index is -0.0297. The lowest BCUT2D eigenvalue weighted by Crippen LogP contribution is -2.53. The van der Waals surface area contributed by atoms with Gasteiger partial charge in [-0.3, -0.25) is 14.4 Å². The highest BCUT2D eigenvalue weighted by molar-refractivity contribution is 5.79. The first kappa shape index (κ1) is 18.9. The standard InChI is InChI=1S/C18H32N4O2/c1-6-16(12-23)21-7-9-22(10-8-21)18(24)13(2)11-17-14(3)19-20(5)15(17)4/h13,16,23H,6-12H2,1-5H3. The zero-order valence-electron chi connectivity index (χ0n) is 15.7. The van der Waals surface area contributed by atoms with E-state index in [1.54, 1.807) is 0 Å². The molecular weight excluding hydrogens is 304 g/mol. The summed E-state index contributed by atoms with van der Waals surface area (Å²) in [5.74, 6) is 0.201. The molecule has 2 unspecified atom stereocenters. The Balaban J connectivity index is 1.92. The lowest BCUT2D eigenvalue weighted by atomic mass is 9.98. The second-order valence-corrected chi connectivity index (χ2v) is 6.98. The zero-order valence-corrected chi connectivity index (χ0v) is 15.7. The van der Waals surface area contributed by atoms with Gasteiger partial charge < -0.3 is 10.0 Å². The molecule has 1 aliphatic rings. The smallest absolute Gasteiger partial charge is 0.225 e. The van der Waals surface area contributed by atoms with Crippen LogP contribution in [-0.2, 0) is 18.3 Å². The number of hydrogen-bond donors (Lipinski definition) is 1. The summed E-state index contributed by atoms with van der Waals surface area (Å²) < 4.78 is 1.89. The van der Waals surface area contributed by atoms with Crippen LogP contribution < -0.4 is 0 Å². The summed E-state index contributed by atoms with van der Waals surface area (Å²) in [7, 11) is 1.95. The van der Waals surface area contributed by atoms with Gasteiger partial charge in [0, 0.05) is 50.9 Å². The molecule has 1 aliphatic heterocycles. The van der Waals surface area contributed by atoms with Crippen molar-refractivity contribution in [1.29, 1.82) is 0 Å². The number of aliphatic hydroxyl groups excluding tert-OH is 1. The van der Waals surface area contributed by atoms with Gasteiger partial charge in [-0.15, -0.1) is 0 Å². The normalized spacial score (nSPS) is 18.7. The maximum atomic E-state index is 12.8. The summed E-state index contributed by atoms with van der Waals surface area (Å²) >= 11 is 0. The molecule has 6 heteroatoms. The van der Waals surface area contributed by atoms with Gasteiger partial charge in [0.15, 0.2) is 0 Å². The van der Waals surface area contributed by atoms with E-state index in [4.69, 9.17) is 0 Å². The van der Waals surface area contributed by atoms with E-state index in [9.17, 15) is 9.90 Å². The van der Waals surface area contributed by atoms with Gasteiger partial charge in [-0.25, -0.2) is 0 Å². The second kappa shape index (κ2) is 8.12. The van der Waals surface area contributed by atoms with Gasteiger partial charge in [0.2, 0.25) is 5.91 Å². The van der Waals surface area contributed by atoms with E-state index in [2.05, 4.69) is 23.8 Å². The number of amides is 1. The molecule has 1 aromatic heterocycles. The number of carbonyl (C=O) groups is 1. The van der Waals surface area contributed by atoms with Crippen molar-refractivity contribution < 1.29 is 9.90 Å². The van der Waals surface area contributed by atoms with Crippen LogP contribution in [0.2, 0.25) is 0 Å². The zero-order chi connectivity index (χ0) is 17.9. The first-order chi connectivity index (χ1) is 11.4. The lowest BCUT2D eigenvalue weighted by molar-refractivity contribution is -0.137. The highest BCUT2D eigenvalue weighted by Gasteiger charge is 2.28. The van der Waals surface area contributed by atoms with Crippen LogP contribution in [0.4, 0.5) is 0 Å². The predicted octanol–water partition coefficient (Wildman–Crippen LogP) is 1.13. The second-order valence-electron chi connectivity index (χ2n) is 6.98. The van der Waals surface area contributed by atoms with Gasteiger partial charge in [-0.1, -0.05) is 13.8 Å². The third-order valence-electron chi connectivity index (χ3n) is 5.42. The van der Waals surface area contributed by atoms with E-state index in [0.29, 0.717) is 0 Å². The quantitative estimate of drug-likeness (QED) is 0.846. The number of aryl methyl sites for hydroxylation is 2. The van der Waals surface area contributed by atoms with Gasteiger partial charge in [-0.2, -0.15) is 5.10 Å². The third kappa shape index (κ3) is 3.98. The average molecular weight is 336 g/mol. The molecule has 0 aromatic carbocycles. The Morgan fingerprint density at radius 1 is 1.25 bits per heavy atom. The Morgan fingerprint density at radius 2 is 1.88 bits per heavy atom. The number of piperazine rings is 1. The maximum Gasteiger partial charge on any atom is 0.225 e. The third-order valence-corrected chi connectivity index (χ3v) is 5.42. The van der Waals surface area contributed by atoms with Crippen molar-refractivity contribution in [2.45, 2.75) is 46.6 Å². The molecule has 2 heterocycles. The Labute approximate surface area is 145 Å². The Bertz CT molecular complexity index is 558. The monoisotopic (exact) mass is 336 g/mol. The van der Waals surface area contributed by atoms with Crippen LogP contribution >= 0.6 is 0 Å². The molecule has 0 spiro atoms. The van der Waals surface area contributed by atoms with Crippen LogP contribution in [0.5, 0.6) is 0 Å². The Hall–Kier alpha value is -1.40.